The Hall–Kier alpha value is -1.36. The molecule has 15 heavy (non-hydrogen) atoms. The highest BCUT2D eigenvalue weighted by molar-refractivity contribution is 5.27. The predicted octanol–water partition coefficient (Wildman–Crippen LogP) is 0.533. The van der Waals surface area contributed by atoms with Crippen molar-refractivity contribution in [2.45, 2.75) is 12.8 Å². The lowest BCUT2D eigenvalue weighted by Gasteiger charge is -2.14. The standard InChI is InChI=1S/C10H16N4O/c11-9-3-4-10(13-12-9)15-8-7-14-5-1-2-6-14/h3-4H,1-2,5-8H2,(H2,11,12). The Kier molecular flexibility index (Phi) is 3.34. The molecule has 0 atom stereocenters. The molecule has 2 rings (SSSR count). The van der Waals surface area contributed by atoms with Gasteiger partial charge < -0.3 is 10.5 Å². The Bertz CT molecular complexity index is 295. The summed E-state index contributed by atoms with van der Waals surface area (Å²) >= 11 is 0. The summed E-state index contributed by atoms with van der Waals surface area (Å²) in [6.45, 7) is 4.01. The van der Waals surface area contributed by atoms with Crippen LogP contribution in [0.15, 0.2) is 12.1 Å². The van der Waals surface area contributed by atoms with Crippen LogP contribution in [-0.4, -0.2) is 41.3 Å². The first-order valence-corrected chi connectivity index (χ1v) is 5.29. The molecule has 2 N–H and O–H groups in total. The van der Waals surface area contributed by atoms with Crippen LogP contribution in [0.1, 0.15) is 12.8 Å². The molecule has 1 fully saturated rings. The van der Waals surface area contributed by atoms with Crippen LogP contribution in [-0.2, 0) is 0 Å². The van der Waals surface area contributed by atoms with Crippen LogP contribution >= 0.6 is 0 Å². The summed E-state index contributed by atoms with van der Waals surface area (Å²) in [6.07, 6.45) is 2.61. The van der Waals surface area contributed by atoms with Gasteiger partial charge in [0.05, 0.1) is 0 Å². The number of anilines is 1. The molecule has 5 heteroatoms. The van der Waals surface area contributed by atoms with Crippen molar-refractivity contribution in [2.75, 3.05) is 32.0 Å². The van der Waals surface area contributed by atoms with Gasteiger partial charge >= 0.3 is 0 Å². The Morgan fingerprint density at radius 2 is 2.07 bits per heavy atom. The molecule has 1 aromatic rings. The van der Waals surface area contributed by atoms with Crippen LogP contribution in [0.2, 0.25) is 0 Å². The lowest BCUT2D eigenvalue weighted by atomic mass is 10.4. The molecule has 0 aliphatic carbocycles. The predicted molar refractivity (Wildman–Crippen MR) is 57.6 cm³/mol. The van der Waals surface area contributed by atoms with Gasteiger partial charge in [-0.15, -0.1) is 10.2 Å². The first-order valence-electron chi connectivity index (χ1n) is 5.29. The van der Waals surface area contributed by atoms with Crippen molar-refractivity contribution in [3.05, 3.63) is 12.1 Å². The molecule has 1 aliphatic heterocycles. The number of hydrogen-bond donors (Lipinski definition) is 1. The highest BCUT2D eigenvalue weighted by Gasteiger charge is 2.10. The summed E-state index contributed by atoms with van der Waals surface area (Å²) in [5.41, 5.74) is 5.42. The molecule has 0 unspecified atom stereocenters. The van der Waals surface area contributed by atoms with Gasteiger partial charge in [-0.05, 0) is 32.0 Å². The average molecular weight is 208 g/mol. The zero-order chi connectivity index (χ0) is 10.5. The number of nitrogen functional groups attached to an aromatic ring is 1. The fraction of sp³-hybridized carbons (Fsp3) is 0.600. The number of nitrogens with two attached hydrogens (primary N) is 1. The second kappa shape index (κ2) is 4.93. The van der Waals surface area contributed by atoms with Crippen molar-refractivity contribution < 1.29 is 4.74 Å². The monoisotopic (exact) mass is 208 g/mol. The molecular weight excluding hydrogens is 192 g/mol. The van der Waals surface area contributed by atoms with Gasteiger partial charge in [0, 0.05) is 12.6 Å². The Morgan fingerprint density at radius 3 is 2.73 bits per heavy atom. The summed E-state index contributed by atoms with van der Waals surface area (Å²) in [5, 5.41) is 7.55. The van der Waals surface area contributed by atoms with Crippen LogP contribution in [0.25, 0.3) is 0 Å². The lowest BCUT2D eigenvalue weighted by Crippen LogP contribution is -2.25. The number of ether oxygens (including phenoxy) is 1. The van der Waals surface area contributed by atoms with E-state index in [1.807, 2.05) is 0 Å². The Balaban J connectivity index is 1.71. The quantitative estimate of drug-likeness (QED) is 0.782. The van der Waals surface area contributed by atoms with E-state index < -0.39 is 0 Å². The summed E-state index contributed by atoms with van der Waals surface area (Å²) in [7, 11) is 0. The van der Waals surface area contributed by atoms with Crippen molar-refractivity contribution >= 4 is 5.82 Å². The van der Waals surface area contributed by atoms with Crippen LogP contribution < -0.4 is 10.5 Å². The van der Waals surface area contributed by atoms with E-state index in [4.69, 9.17) is 10.5 Å². The molecule has 1 aliphatic rings. The van der Waals surface area contributed by atoms with E-state index in [1.54, 1.807) is 12.1 Å². The number of hydrogen-bond acceptors (Lipinski definition) is 5. The lowest BCUT2D eigenvalue weighted by molar-refractivity contribution is 0.230. The molecule has 0 spiro atoms. The largest absolute Gasteiger partial charge is 0.475 e. The molecule has 0 amide bonds. The van der Waals surface area contributed by atoms with Crippen LogP contribution in [0.3, 0.4) is 0 Å². The molecule has 2 heterocycles. The SMILES string of the molecule is Nc1ccc(OCCN2CCCC2)nn1. The zero-order valence-electron chi connectivity index (χ0n) is 8.72. The normalized spacial score (nSPS) is 16.8. The van der Waals surface area contributed by atoms with Gasteiger partial charge in [0.15, 0.2) is 0 Å². The minimum Gasteiger partial charge on any atom is -0.475 e. The van der Waals surface area contributed by atoms with Crippen molar-refractivity contribution in [1.29, 1.82) is 0 Å². The van der Waals surface area contributed by atoms with Gasteiger partial charge in [0.1, 0.15) is 12.4 Å². The third kappa shape index (κ3) is 3.06. The Labute approximate surface area is 89.2 Å². The van der Waals surface area contributed by atoms with Gasteiger partial charge in [0.2, 0.25) is 5.88 Å². The maximum Gasteiger partial charge on any atom is 0.233 e. The average Bonchev–Trinajstić information content (AvgIpc) is 2.74. The summed E-state index contributed by atoms with van der Waals surface area (Å²) in [4.78, 5) is 2.39. The smallest absolute Gasteiger partial charge is 0.233 e. The van der Waals surface area contributed by atoms with E-state index in [1.165, 1.54) is 25.9 Å². The number of likely N-dealkylation sites (tertiary alicyclic amines) is 1. The fourth-order valence-electron chi connectivity index (χ4n) is 1.69. The zero-order valence-corrected chi connectivity index (χ0v) is 8.72. The summed E-state index contributed by atoms with van der Waals surface area (Å²) < 4.78 is 5.45. The summed E-state index contributed by atoms with van der Waals surface area (Å²) in [5.74, 6) is 0.963. The molecule has 0 bridgehead atoms. The van der Waals surface area contributed by atoms with Gasteiger partial charge in [-0.1, -0.05) is 0 Å². The second-order valence-corrected chi connectivity index (χ2v) is 3.69. The minimum atomic E-state index is 0.418. The van der Waals surface area contributed by atoms with E-state index >= 15 is 0 Å². The Morgan fingerprint density at radius 1 is 1.27 bits per heavy atom. The topological polar surface area (TPSA) is 64.3 Å². The molecule has 0 aromatic carbocycles. The van der Waals surface area contributed by atoms with Crippen LogP contribution in [0.5, 0.6) is 5.88 Å². The van der Waals surface area contributed by atoms with Crippen molar-refractivity contribution in [1.82, 2.24) is 15.1 Å². The van der Waals surface area contributed by atoms with Crippen LogP contribution in [0, 0.1) is 0 Å². The highest BCUT2D eigenvalue weighted by atomic mass is 16.5. The third-order valence-corrected chi connectivity index (χ3v) is 2.52. The highest BCUT2D eigenvalue weighted by Crippen LogP contribution is 2.08. The number of aromatic nitrogens is 2. The van der Waals surface area contributed by atoms with E-state index in [-0.39, 0.29) is 0 Å². The second-order valence-electron chi connectivity index (χ2n) is 3.69. The van der Waals surface area contributed by atoms with E-state index in [0.29, 0.717) is 18.3 Å². The van der Waals surface area contributed by atoms with E-state index in [9.17, 15) is 0 Å². The third-order valence-electron chi connectivity index (χ3n) is 2.52. The molecule has 0 radical (unpaired) electrons. The van der Waals surface area contributed by atoms with Gasteiger partial charge in [0.25, 0.3) is 0 Å². The minimum absolute atomic E-state index is 0.418. The maximum absolute atomic E-state index is 5.45. The van der Waals surface area contributed by atoms with Crippen molar-refractivity contribution in [2.24, 2.45) is 0 Å². The van der Waals surface area contributed by atoms with Crippen molar-refractivity contribution in [3.63, 3.8) is 0 Å². The number of rotatable bonds is 4. The van der Waals surface area contributed by atoms with Gasteiger partial charge in [-0.25, -0.2) is 0 Å². The molecule has 82 valence electrons. The fourth-order valence-corrected chi connectivity index (χ4v) is 1.69. The van der Waals surface area contributed by atoms with Gasteiger partial charge in [-0.3, -0.25) is 4.90 Å². The van der Waals surface area contributed by atoms with E-state index in [0.717, 1.165) is 6.54 Å². The maximum atomic E-state index is 5.45. The van der Waals surface area contributed by atoms with Crippen LogP contribution in [0.4, 0.5) is 5.82 Å². The van der Waals surface area contributed by atoms with Gasteiger partial charge in [-0.2, -0.15) is 0 Å². The first kappa shape index (κ1) is 10.2. The van der Waals surface area contributed by atoms with E-state index in [2.05, 4.69) is 15.1 Å². The van der Waals surface area contributed by atoms with Crippen molar-refractivity contribution in [3.8, 4) is 5.88 Å². The molecule has 0 saturated carbocycles. The first-order chi connectivity index (χ1) is 7.34. The molecular formula is C10H16N4O. The summed E-state index contributed by atoms with van der Waals surface area (Å²) in [6, 6.07) is 3.44. The molecule has 5 nitrogen and oxygen atoms in total. The molecule has 1 saturated heterocycles. The molecule has 1 aromatic heterocycles. The number of nitrogens with zero attached hydrogens (tertiary/aromatic N) is 3.